The van der Waals surface area contributed by atoms with Crippen LogP contribution in [0.3, 0.4) is 0 Å². The molecule has 3 rings (SSSR count). The number of fused-ring (bicyclic) bond motifs is 1. The van der Waals surface area contributed by atoms with Gasteiger partial charge in [0.05, 0.1) is 18.6 Å². The first-order chi connectivity index (χ1) is 13.8. The average molecular weight is 413 g/mol. The van der Waals surface area contributed by atoms with Crippen LogP contribution in [0.4, 0.5) is 11.4 Å². The van der Waals surface area contributed by atoms with Gasteiger partial charge in [-0.15, -0.1) is 0 Å². The average Bonchev–Trinajstić information content (AvgIpc) is 2.69. The van der Waals surface area contributed by atoms with Gasteiger partial charge in [-0.3, -0.25) is 9.10 Å². The second-order valence-corrected chi connectivity index (χ2v) is 8.54. The molecule has 0 saturated heterocycles. The zero-order valence-electron chi connectivity index (χ0n) is 16.6. The lowest BCUT2D eigenvalue weighted by Crippen LogP contribution is -2.45. The van der Waals surface area contributed by atoms with Gasteiger partial charge in [-0.1, -0.05) is 36.4 Å². The number of anilines is 2. The molecule has 0 aliphatic carbocycles. The summed E-state index contributed by atoms with van der Waals surface area (Å²) in [5.41, 5.74) is 1.04. The number of ether oxygens (including phenoxy) is 1. The maximum absolute atomic E-state index is 12.9. The molecule has 1 amide bonds. The Balaban J connectivity index is 1.89. The highest BCUT2D eigenvalue weighted by atomic mass is 32.2. The van der Waals surface area contributed by atoms with Crippen molar-refractivity contribution in [1.29, 1.82) is 0 Å². The molecular formula is C22H24N2O4S. The molecular weight excluding hydrogens is 388 g/mol. The van der Waals surface area contributed by atoms with E-state index in [1.54, 1.807) is 37.3 Å². The Morgan fingerprint density at radius 3 is 2.34 bits per heavy atom. The molecule has 3 aromatic rings. The van der Waals surface area contributed by atoms with Crippen molar-refractivity contribution in [3.63, 3.8) is 0 Å². The first-order valence-electron chi connectivity index (χ1n) is 9.32. The van der Waals surface area contributed by atoms with E-state index in [9.17, 15) is 13.2 Å². The molecule has 0 fully saturated rings. The summed E-state index contributed by atoms with van der Waals surface area (Å²) < 4.78 is 31.5. The van der Waals surface area contributed by atoms with Gasteiger partial charge in [0.1, 0.15) is 11.8 Å². The van der Waals surface area contributed by atoms with E-state index in [0.29, 0.717) is 23.7 Å². The molecule has 29 heavy (non-hydrogen) atoms. The summed E-state index contributed by atoms with van der Waals surface area (Å²) in [7, 11) is -3.69. The molecule has 152 valence electrons. The molecule has 1 atom stereocenters. The summed E-state index contributed by atoms with van der Waals surface area (Å²) in [6.07, 6.45) is 1.09. The van der Waals surface area contributed by atoms with E-state index in [1.165, 1.54) is 0 Å². The van der Waals surface area contributed by atoms with Crippen molar-refractivity contribution >= 4 is 38.1 Å². The maximum atomic E-state index is 12.9. The molecule has 1 N–H and O–H groups in total. The lowest BCUT2D eigenvalue weighted by Gasteiger charge is -2.28. The van der Waals surface area contributed by atoms with Crippen LogP contribution in [-0.2, 0) is 14.8 Å². The van der Waals surface area contributed by atoms with Gasteiger partial charge < -0.3 is 10.1 Å². The molecule has 7 heteroatoms. The van der Waals surface area contributed by atoms with Crippen LogP contribution in [0, 0.1) is 0 Å². The minimum absolute atomic E-state index is 0.400. The van der Waals surface area contributed by atoms with Gasteiger partial charge >= 0.3 is 0 Å². The van der Waals surface area contributed by atoms with Crippen molar-refractivity contribution in [3.8, 4) is 5.75 Å². The molecule has 0 radical (unpaired) electrons. The minimum atomic E-state index is -3.69. The van der Waals surface area contributed by atoms with Crippen molar-refractivity contribution < 1.29 is 17.9 Å². The monoisotopic (exact) mass is 412 g/mol. The maximum Gasteiger partial charge on any atom is 0.248 e. The Labute approximate surface area is 171 Å². The van der Waals surface area contributed by atoms with Crippen LogP contribution >= 0.6 is 0 Å². The van der Waals surface area contributed by atoms with Crippen molar-refractivity contribution in [3.05, 3.63) is 66.7 Å². The summed E-state index contributed by atoms with van der Waals surface area (Å²) in [4.78, 5) is 12.9. The third-order valence-electron chi connectivity index (χ3n) is 4.54. The summed E-state index contributed by atoms with van der Waals surface area (Å²) in [5.74, 6) is 0.221. The standard InChI is InChI=1S/C22H24N2O4S/c1-4-28-19-14-12-18(13-15-19)24(29(3,26)27)16(2)22(25)23-21-11-7-9-17-8-5-6-10-20(17)21/h5-16H,4H2,1-3H3,(H,23,25)/t16-/m0/s1. The molecule has 0 spiro atoms. The fourth-order valence-corrected chi connectivity index (χ4v) is 4.41. The number of rotatable bonds is 7. The molecule has 6 nitrogen and oxygen atoms in total. The number of carbonyl (C=O) groups excluding carboxylic acids is 1. The fourth-order valence-electron chi connectivity index (χ4n) is 3.24. The van der Waals surface area contributed by atoms with Crippen LogP contribution in [0.25, 0.3) is 10.8 Å². The van der Waals surface area contributed by atoms with E-state index in [4.69, 9.17) is 4.74 Å². The predicted molar refractivity (Wildman–Crippen MR) is 117 cm³/mol. The Hall–Kier alpha value is -3.06. The summed E-state index contributed by atoms with van der Waals surface area (Å²) in [5, 5.41) is 4.75. The van der Waals surface area contributed by atoms with Crippen LogP contribution in [0.1, 0.15) is 13.8 Å². The van der Waals surface area contributed by atoms with Gasteiger partial charge in [0.2, 0.25) is 15.9 Å². The van der Waals surface area contributed by atoms with Crippen LogP contribution in [-0.4, -0.2) is 33.2 Å². The first kappa shape index (κ1) is 20.7. The Kier molecular flexibility index (Phi) is 6.08. The molecule has 0 saturated carbocycles. The zero-order valence-corrected chi connectivity index (χ0v) is 17.4. The largest absolute Gasteiger partial charge is 0.494 e. The third-order valence-corrected chi connectivity index (χ3v) is 5.78. The van der Waals surface area contributed by atoms with Crippen molar-refractivity contribution in [2.45, 2.75) is 19.9 Å². The number of hydrogen-bond donors (Lipinski definition) is 1. The Bertz CT molecular complexity index is 1110. The second kappa shape index (κ2) is 8.53. The number of nitrogens with zero attached hydrogens (tertiary/aromatic N) is 1. The van der Waals surface area contributed by atoms with E-state index in [-0.39, 0.29) is 0 Å². The number of sulfonamides is 1. The number of amides is 1. The van der Waals surface area contributed by atoms with Gasteiger partial charge in [-0.05, 0) is 49.6 Å². The minimum Gasteiger partial charge on any atom is -0.494 e. The van der Waals surface area contributed by atoms with Gasteiger partial charge in [0.15, 0.2) is 0 Å². The van der Waals surface area contributed by atoms with E-state index in [1.807, 2.05) is 43.3 Å². The predicted octanol–water partition coefficient (Wildman–Crippen LogP) is 4.03. The Morgan fingerprint density at radius 1 is 1.03 bits per heavy atom. The molecule has 0 unspecified atom stereocenters. The highest BCUT2D eigenvalue weighted by Gasteiger charge is 2.29. The number of carbonyl (C=O) groups is 1. The van der Waals surface area contributed by atoms with Gasteiger partial charge in [0, 0.05) is 11.1 Å². The summed E-state index contributed by atoms with van der Waals surface area (Å²) >= 11 is 0. The molecule has 0 aliphatic heterocycles. The SMILES string of the molecule is CCOc1ccc(N([C@@H](C)C(=O)Nc2cccc3ccccc23)S(C)(=O)=O)cc1. The van der Waals surface area contributed by atoms with Crippen LogP contribution < -0.4 is 14.4 Å². The first-order valence-corrected chi connectivity index (χ1v) is 11.2. The topological polar surface area (TPSA) is 75.7 Å². The van der Waals surface area contributed by atoms with E-state index >= 15 is 0 Å². The number of hydrogen-bond acceptors (Lipinski definition) is 4. The molecule has 0 aromatic heterocycles. The van der Waals surface area contributed by atoms with Crippen molar-refractivity contribution in [2.75, 3.05) is 22.5 Å². The summed E-state index contributed by atoms with van der Waals surface area (Å²) in [6.45, 7) is 3.95. The summed E-state index contributed by atoms with van der Waals surface area (Å²) in [6, 6.07) is 19.0. The number of benzene rings is 3. The smallest absolute Gasteiger partial charge is 0.248 e. The number of nitrogens with one attached hydrogen (secondary N) is 1. The van der Waals surface area contributed by atoms with Crippen LogP contribution in [0.2, 0.25) is 0 Å². The Morgan fingerprint density at radius 2 is 1.69 bits per heavy atom. The van der Waals surface area contributed by atoms with Gasteiger partial charge in [-0.25, -0.2) is 8.42 Å². The normalized spacial score (nSPS) is 12.4. The van der Waals surface area contributed by atoms with Crippen LogP contribution in [0.15, 0.2) is 66.7 Å². The fraction of sp³-hybridized carbons (Fsp3) is 0.227. The highest BCUT2D eigenvalue weighted by Crippen LogP contribution is 2.26. The second-order valence-electron chi connectivity index (χ2n) is 6.68. The zero-order chi connectivity index (χ0) is 21.0. The molecule has 0 bridgehead atoms. The van der Waals surface area contributed by atoms with E-state index in [2.05, 4.69) is 5.32 Å². The van der Waals surface area contributed by atoms with Gasteiger partial charge in [-0.2, -0.15) is 0 Å². The van der Waals surface area contributed by atoms with Crippen molar-refractivity contribution in [1.82, 2.24) is 0 Å². The van der Waals surface area contributed by atoms with E-state index in [0.717, 1.165) is 21.3 Å². The third kappa shape index (κ3) is 4.68. The van der Waals surface area contributed by atoms with Gasteiger partial charge in [0.25, 0.3) is 0 Å². The van der Waals surface area contributed by atoms with Crippen molar-refractivity contribution in [2.24, 2.45) is 0 Å². The highest BCUT2D eigenvalue weighted by molar-refractivity contribution is 7.92. The van der Waals surface area contributed by atoms with E-state index < -0.39 is 22.0 Å². The molecule has 0 aliphatic rings. The molecule has 3 aromatic carbocycles. The lowest BCUT2D eigenvalue weighted by molar-refractivity contribution is -0.116. The molecule has 0 heterocycles. The lowest BCUT2D eigenvalue weighted by atomic mass is 10.1. The van der Waals surface area contributed by atoms with Crippen LogP contribution in [0.5, 0.6) is 5.75 Å². The quantitative estimate of drug-likeness (QED) is 0.636.